The third-order valence-corrected chi connectivity index (χ3v) is 4.30. The number of carbonyl (C=O) groups excluding carboxylic acids is 2. The van der Waals surface area contributed by atoms with Crippen molar-refractivity contribution >= 4 is 11.8 Å². The van der Waals surface area contributed by atoms with Crippen LogP contribution in [0.3, 0.4) is 0 Å². The van der Waals surface area contributed by atoms with Crippen LogP contribution in [0.4, 0.5) is 0 Å². The zero-order valence-corrected chi connectivity index (χ0v) is 13.2. The number of benzene rings is 1. The molecule has 1 fully saturated rings. The summed E-state index contributed by atoms with van der Waals surface area (Å²) in [6.45, 7) is 3.11. The van der Waals surface area contributed by atoms with E-state index in [1.807, 2.05) is 37.3 Å². The van der Waals surface area contributed by atoms with Gasteiger partial charge in [0.1, 0.15) is 0 Å². The smallest absolute Gasteiger partial charge is 0.242 e. The molecule has 120 valence electrons. The molecule has 0 aromatic heterocycles. The predicted molar refractivity (Wildman–Crippen MR) is 85.9 cm³/mol. The number of likely N-dealkylation sites (N-methyl/N-ethyl adjacent to an activating group) is 1. The SMILES string of the molecule is CCN(Cc1ccccc1)C(=O)CNC(=O)C1(N)CCCC1. The van der Waals surface area contributed by atoms with Crippen LogP contribution in [0, 0.1) is 0 Å². The molecule has 0 aliphatic heterocycles. The Morgan fingerprint density at radius 1 is 1.23 bits per heavy atom. The van der Waals surface area contributed by atoms with Crippen molar-refractivity contribution in [2.24, 2.45) is 5.73 Å². The van der Waals surface area contributed by atoms with E-state index in [2.05, 4.69) is 5.32 Å². The van der Waals surface area contributed by atoms with Crippen molar-refractivity contribution in [3.05, 3.63) is 35.9 Å². The van der Waals surface area contributed by atoms with E-state index in [-0.39, 0.29) is 18.4 Å². The molecule has 5 heteroatoms. The summed E-state index contributed by atoms with van der Waals surface area (Å²) in [7, 11) is 0. The molecule has 1 saturated carbocycles. The number of amides is 2. The highest BCUT2D eigenvalue weighted by molar-refractivity contribution is 5.90. The Labute approximate surface area is 131 Å². The fraction of sp³-hybridized carbons (Fsp3) is 0.529. The van der Waals surface area contributed by atoms with E-state index < -0.39 is 5.54 Å². The van der Waals surface area contributed by atoms with Gasteiger partial charge in [-0.3, -0.25) is 9.59 Å². The summed E-state index contributed by atoms with van der Waals surface area (Å²) in [5.74, 6) is -0.282. The van der Waals surface area contributed by atoms with E-state index in [4.69, 9.17) is 5.73 Å². The van der Waals surface area contributed by atoms with Crippen LogP contribution in [-0.4, -0.2) is 35.3 Å². The van der Waals surface area contributed by atoms with Crippen LogP contribution in [0.2, 0.25) is 0 Å². The fourth-order valence-corrected chi connectivity index (χ4v) is 2.86. The van der Waals surface area contributed by atoms with Gasteiger partial charge in [-0.05, 0) is 25.3 Å². The first-order valence-corrected chi connectivity index (χ1v) is 7.94. The Balaban J connectivity index is 1.85. The summed E-state index contributed by atoms with van der Waals surface area (Å²) in [4.78, 5) is 26.1. The Kier molecular flexibility index (Phi) is 5.55. The molecule has 2 rings (SSSR count). The maximum Gasteiger partial charge on any atom is 0.242 e. The second-order valence-corrected chi connectivity index (χ2v) is 5.94. The average molecular weight is 303 g/mol. The second-order valence-electron chi connectivity index (χ2n) is 5.94. The zero-order chi connectivity index (χ0) is 16.0. The number of nitrogens with zero attached hydrogens (tertiary/aromatic N) is 1. The fourth-order valence-electron chi connectivity index (χ4n) is 2.86. The molecule has 0 unspecified atom stereocenters. The maximum atomic E-state index is 12.3. The van der Waals surface area contributed by atoms with Crippen LogP contribution >= 0.6 is 0 Å². The van der Waals surface area contributed by atoms with Gasteiger partial charge in [-0.1, -0.05) is 43.2 Å². The lowest BCUT2D eigenvalue weighted by molar-refractivity contribution is -0.134. The quantitative estimate of drug-likeness (QED) is 0.834. The molecule has 1 aromatic rings. The topological polar surface area (TPSA) is 75.4 Å². The summed E-state index contributed by atoms with van der Waals surface area (Å²) in [5.41, 5.74) is 6.38. The van der Waals surface area contributed by atoms with Gasteiger partial charge in [0.15, 0.2) is 0 Å². The summed E-state index contributed by atoms with van der Waals surface area (Å²) < 4.78 is 0. The second kappa shape index (κ2) is 7.40. The Morgan fingerprint density at radius 2 is 1.86 bits per heavy atom. The lowest BCUT2D eigenvalue weighted by Crippen LogP contribution is -2.53. The van der Waals surface area contributed by atoms with Crippen LogP contribution in [0.15, 0.2) is 30.3 Å². The number of hydrogen-bond acceptors (Lipinski definition) is 3. The highest BCUT2D eigenvalue weighted by Crippen LogP contribution is 2.27. The van der Waals surface area contributed by atoms with Gasteiger partial charge in [-0.2, -0.15) is 0 Å². The average Bonchev–Trinajstić information content (AvgIpc) is 2.99. The largest absolute Gasteiger partial charge is 0.345 e. The van der Waals surface area contributed by atoms with Gasteiger partial charge < -0.3 is 16.0 Å². The van der Waals surface area contributed by atoms with E-state index in [0.29, 0.717) is 25.9 Å². The molecule has 22 heavy (non-hydrogen) atoms. The van der Waals surface area contributed by atoms with Crippen molar-refractivity contribution in [3.8, 4) is 0 Å². The molecule has 0 spiro atoms. The number of nitrogens with two attached hydrogens (primary N) is 1. The minimum atomic E-state index is -0.781. The lowest BCUT2D eigenvalue weighted by atomic mass is 9.98. The molecule has 0 heterocycles. The zero-order valence-electron chi connectivity index (χ0n) is 13.2. The van der Waals surface area contributed by atoms with Crippen molar-refractivity contribution in [2.45, 2.75) is 44.7 Å². The first-order chi connectivity index (χ1) is 10.5. The predicted octanol–water partition coefficient (Wildman–Crippen LogP) is 1.42. The minimum Gasteiger partial charge on any atom is -0.345 e. The van der Waals surface area contributed by atoms with E-state index in [0.717, 1.165) is 18.4 Å². The highest BCUT2D eigenvalue weighted by Gasteiger charge is 2.37. The number of nitrogens with one attached hydrogen (secondary N) is 1. The van der Waals surface area contributed by atoms with Gasteiger partial charge in [-0.15, -0.1) is 0 Å². The molecule has 1 aliphatic carbocycles. The lowest BCUT2D eigenvalue weighted by Gasteiger charge is -2.24. The van der Waals surface area contributed by atoms with Crippen LogP contribution in [-0.2, 0) is 16.1 Å². The van der Waals surface area contributed by atoms with E-state index >= 15 is 0 Å². The van der Waals surface area contributed by atoms with Crippen molar-refractivity contribution < 1.29 is 9.59 Å². The molecular weight excluding hydrogens is 278 g/mol. The van der Waals surface area contributed by atoms with E-state index in [1.54, 1.807) is 4.90 Å². The molecule has 0 atom stereocenters. The standard InChI is InChI=1S/C17H25N3O2/c1-2-20(13-14-8-4-3-5-9-14)15(21)12-19-16(22)17(18)10-6-7-11-17/h3-5,8-9H,2,6-7,10-13,18H2,1H3,(H,19,22). The molecule has 2 amide bonds. The molecule has 0 saturated heterocycles. The summed E-state index contributed by atoms with van der Waals surface area (Å²) in [6, 6.07) is 9.83. The van der Waals surface area contributed by atoms with Crippen LogP contribution in [0.5, 0.6) is 0 Å². The first kappa shape index (κ1) is 16.5. The summed E-state index contributed by atoms with van der Waals surface area (Å²) in [6.07, 6.45) is 3.36. The molecule has 3 N–H and O–H groups in total. The van der Waals surface area contributed by atoms with E-state index in [9.17, 15) is 9.59 Å². The normalized spacial score (nSPS) is 16.3. The van der Waals surface area contributed by atoms with Crippen LogP contribution in [0.25, 0.3) is 0 Å². The molecule has 0 radical (unpaired) electrons. The third-order valence-electron chi connectivity index (χ3n) is 4.30. The van der Waals surface area contributed by atoms with Crippen molar-refractivity contribution in [1.82, 2.24) is 10.2 Å². The van der Waals surface area contributed by atoms with Gasteiger partial charge in [0, 0.05) is 13.1 Å². The van der Waals surface area contributed by atoms with Gasteiger partial charge in [0.2, 0.25) is 11.8 Å². The van der Waals surface area contributed by atoms with Gasteiger partial charge in [-0.25, -0.2) is 0 Å². The Hall–Kier alpha value is -1.88. The number of carbonyl (C=O) groups is 2. The van der Waals surface area contributed by atoms with E-state index in [1.165, 1.54) is 0 Å². The van der Waals surface area contributed by atoms with Gasteiger partial charge in [0.05, 0.1) is 12.1 Å². The van der Waals surface area contributed by atoms with Crippen LogP contribution in [0.1, 0.15) is 38.2 Å². The molecule has 0 bridgehead atoms. The van der Waals surface area contributed by atoms with Crippen molar-refractivity contribution in [3.63, 3.8) is 0 Å². The van der Waals surface area contributed by atoms with Crippen molar-refractivity contribution in [1.29, 1.82) is 0 Å². The molecule has 1 aromatic carbocycles. The molecule has 5 nitrogen and oxygen atoms in total. The summed E-state index contributed by atoms with van der Waals surface area (Å²) in [5, 5.41) is 2.71. The Morgan fingerprint density at radius 3 is 2.45 bits per heavy atom. The Bertz CT molecular complexity index is 510. The summed E-state index contributed by atoms with van der Waals surface area (Å²) >= 11 is 0. The molecule has 1 aliphatic rings. The van der Waals surface area contributed by atoms with Crippen molar-refractivity contribution in [2.75, 3.05) is 13.1 Å². The van der Waals surface area contributed by atoms with Gasteiger partial charge >= 0.3 is 0 Å². The van der Waals surface area contributed by atoms with Gasteiger partial charge in [0.25, 0.3) is 0 Å². The minimum absolute atomic E-state index is 0.0124. The highest BCUT2D eigenvalue weighted by atomic mass is 16.2. The monoisotopic (exact) mass is 303 g/mol. The molecular formula is C17H25N3O2. The number of hydrogen-bond donors (Lipinski definition) is 2. The number of rotatable bonds is 6. The first-order valence-electron chi connectivity index (χ1n) is 7.94. The maximum absolute atomic E-state index is 12.3. The third kappa shape index (κ3) is 4.07. The van der Waals surface area contributed by atoms with Crippen LogP contribution < -0.4 is 11.1 Å².